The Kier molecular flexibility index (Phi) is 3.41. The maximum Gasteiger partial charge on any atom is 0.00659 e. The van der Waals surface area contributed by atoms with Crippen LogP contribution in [0.2, 0.25) is 0 Å². The summed E-state index contributed by atoms with van der Waals surface area (Å²) in [6.45, 7) is 0. The minimum Gasteiger partial charge on any atom is -0.0925 e. The average molecular weight is 251 g/mol. The molecule has 0 saturated heterocycles. The van der Waals surface area contributed by atoms with Crippen LogP contribution in [0.5, 0.6) is 0 Å². The summed E-state index contributed by atoms with van der Waals surface area (Å²) in [5.74, 6) is 0.790. The fraction of sp³-hybridized carbons (Fsp3) is 0.385. The lowest BCUT2D eigenvalue weighted by Gasteiger charge is -2.29. The number of hydrogen-bond donors (Lipinski definition) is 0. The first-order valence-corrected chi connectivity index (χ1v) is 6.32. The summed E-state index contributed by atoms with van der Waals surface area (Å²) in [4.78, 5) is 0. The smallest absolute Gasteiger partial charge is 0.00659 e. The van der Waals surface area contributed by atoms with Crippen molar-refractivity contribution in [2.75, 3.05) is 5.33 Å². The highest BCUT2D eigenvalue weighted by Crippen LogP contribution is 2.37. The monoisotopic (exact) mass is 250 g/mol. The molecule has 1 heteroatoms. The van der Waals surface area contributed by atoms with Crippen molar-refractivity contribution >= 4 is 15.9 Å². The molecule has 14 heavy (non-hydrogen) atoms. The Morgan fingerprint density at radius 1 is 1.29 bits per heavy atom. The van der Waals surface area contributed by atoms with Gasteiger partial charge in [0.15, 0.2) is 0 Å². The van der Waals surface area contributed by atoms with Crippen molar-refractivity contribution in [3.8, 4) is 0 Å². The zero-order chi connectivity index (χ0) is 9.80. The summed E-state index contributed by atoms with van der Waals surface area (Å²) in [5.41, 5.74) is 3.11. The summed E-state index contributed by atoms with van der Waals surface area (Å²) < 4.78 is 0. The molecule has 1 aliphatic carbocycles. The van der Waals surface area contributed by atoms with Crippen molar-refractivity contribution in [2.24, 2.45) is 0 Å². The van der Waals surface area contributed by atoms with E-state index < -0.39 is 0 Å². The molecule has 1 unspecified atom stereocenters. The van der Waals surface area contributed by atoms with Gasteiger partial charge >= 0.3 is 0 Å². The third-order valence-electron chi connectivity index (χ3n) is 2.82. The summed E-state index contributed by atoms with van der Waals surface area (Å²) in [6, 6.07) is 8.79. The summed E-state index contributed by atoms with van der Waals surface area (Å²) in [7, 11) is 0. The molecule has 0 heterocycles. The van der Waals surface area contributed by atoms with E-state index in [0.29, 0.717) is 0 Å². The number of alkyl halides is 1. The normalized spacial score (nSPS) is 19.4. The molecule has 0 amide bonds. The molecule has 74 valence electrons. The van der Waals surface area contributed by atoms with Crippen LogP contribution in [0, 0.1) is 0 Å². The van der Waals surface area contributed by atoms with Gasteiger partial charge in [0, 0.05) is 5.33 Å². The predicted octanol–water partition coefficient (Wildman–Crippen LogP) is 4.06. The Morgan fingerprint density at radius 2 is 2.14 bits per heavy atom. The number of halogens is 1. The van der Waals surface area contributed by atoms with E-state index in [1.165, 1.54) is 12.8 Å². The van der Waals surface area contributed by atoms with E-state index in [1.807, 2.05) is 0 Å². The highest BCUT2D eigenvalue weighted by molar-refractivity contribution is 9.09. The lowest BCUT2D eigenvalue weighted by Crippen LogP contribution is -2.15. The second kappa shape index (κ2) is 4.79. The first-order chi connectivity index (χ1) is 6.92. The molecule has 0 nitrogen and oxygen atoms in total. The number of hydrogen-bond acceptors (Lipinski definition) is 0. The van der Waals surface area contributed by atoms with Crippen LogP contribution >= 0.6 is 15.9 Å². The van der Waals surface area contributed by atoms with Crippen LogP contribution in [0.15, 0.2) is 36.4 Å². The van der Waals surface area contributed by atoms with Gasteiger partial charge < -0.3 is 0 Å². The molecule has 0 aliphatic heterocycles. The second-order valence-corrected chi connectivity index (χ2v) is 4.58. The topological polar surface area (TPSA) is 0 Å². The van der Waals surface area contributed by atoms with E-state index >= 15 is 0 Å². The van der Waals surface area contributed by atoms with E-state index in [4.69, 9.17) is 0 Å². The first kappa shape index (κ1) is 9.97. The Balaban J connectivity index is 1.87. The van der Waals surface area contributed by atoms with Crippen LogP contribution < -0.4 is 0 Å². The summed E-state index contributed by atoms with van der Waals surface area (Å²) in [5, 5.41) is 1.07. The summed E-state index contributed by atoms with van der Waals surface area (Å²) in [6.07, 6.45) is 8.23. The van der Waals surface area contributed by atoms with Crippen LogP contribution in [0.3, 0.4) is 0 Å². The van der Waals surface area contributed by atoms with Crippen LogP contribution in [-0.2, 0) is 6.42 Å². The molecule has 2 rings (SSSR count). The zero-order valence-corrected chi connectivity index (χ0v) is 9.83. The van der Waals surface area contributed by atoms with Crippen molar-refractivity contribution in [2.45, 2.75) is 25.2 Å². The van der Waals surface area contributed by atoms with Gasteiger partial charge in [-0.1, -0.05) is 52.3 Å². The fourth-order valence-electron chi connectivity index (χ4n) is 2.01. The van der Waals surface area contributed by atoms with Crippen LogP contribution in [-0.4, -0.2) is 5.33 Å². The van der Waals surface area contributed by atoms with Gasteiger partial charge in [-0.3, -0.25) is 0 Å². The molecule has 1 aliphatic rings. The van der Waals surface area contributed by atoms with Crippen molar-refractivity contribution in [3.05, 3.63) is 47.5 Å². The van der Waals surface area contributed by atoms with E-state index in [0.717, 1.165) is 17.7 Å². The van der Waals surface area contributed by atoms with Gasteiger partial charge in [0.1, 0.15) is 0 Å². The number of rotatable bonds is 4. The van der Waals surface area contributed by atoms with E-state index in [-0.39, 0.29) is 0 Å². The van der Waals surface area contributed by atoms with Crippen LogP contribution in [0.1, 0.15) is 29.9 Å². The highest BCUT2D eigenvalue weighted by atomic mass is 79.9. The maximum atomic E-state index is 3.42. The molecule has 0 saturated carbocycles. The molecule has 0 spiro atoms. The molecule has 1 atom stereocenters. The molecule has 0 N–H and O–H groups in total. The van der Waals surface area contributed by atoms with Crippen LogP contribution in [0.25, 0.3) is 0 Å². The summed E-state index contributed by atoms with van der Waals surface area (Å²) >= 11 is 3.42. The van der Waals surface area contributed by atoms with Gasteiger partial charge in [-0.15, -0.1) is 0 Å². The molecule has 1 aromatic rings. The maximum absolute atomic E-state index is 3.42. The van der Waals surface area contributed by atoms with Crippen molar-refractivity contribution in [1.29, 1.82) is 0 Å². The third kappa shape index (κ3) is 2.09. The van der Waals surface area contributed by atoms with Crippen molar-refractivity contribution < 1.29 is 0 Å². The average Bonchev–Trinajstić information content (AvgIpc) is 2.19. The SMILES string of the molecule is BrCCC=CCC1Cc2ccccc21. The Morgan fingerprint density at radius 3 is 2.93 bits per heavy atom. The van der Waals surface area contributed by atoms with Gasteiger partial charge in [-0.05, 0) is 36.3 Å². The lowest BCUT2D eigenvalue weighted by molar-refractivity contribution is 0.615. The Labute approximate surface area is 94.2 Å². The molecule has 1 aromatic carbocycles. The predicted molar refractivity (Wildman–Crippen MR) is 65.1 cm³/mol. The number of allylic oxidation sites excluding steroid dienone is 2. The molecule has 0 fully saturated rings. The standard InChI is InChI=1S/C13H15Br/c14-9-5-1-2-6-11-10-12-7-3-4-8-13(11)12/h1-4,7-8,11H,5-6,9-10H2. The fourth-order valence-corrected chi connectivity index (χ4v) is 2.28. The Hall–Kier alpha value is -0.560. The highest BCUT2D eigenvalue weighted by Gasteiger charge is 2.23. The minimum absolute atomic E-state index is 0.790. The quantitative estimate of drug-likeness (QED) is 0.559. The van der Waals surface area contributed by atoms with Gasteiger partial charge in [-0.2, -0.15) is 0 Å². The van der Waals surface area contributed by atoms with E-state index in [2.05, 4.69) is 52.3 Å². The Bertz CT molecular complexity index is 328. The van der Waals surface area contributed by atoms with Crippen molar-refractivity contribution in [3.63, 3.8) is 0 Å². The minimum atomic E-state index is 0.790. The molecule has 0 radical (unpaired) electrons. The van der Waals surface area contributed by atoms with Gasteiger partial charge in [0.25, 0.3) is 0 Å². The molecule has 0 aromatic heterocycles. The lowest BCUT2D eigenvalue weighted by atomic mass is 9.76. The number of fused-ring (bicyclic) bond motifs is 1. The van der Waals surface area contributed by atoms with Crippen molar-refractivity contribution in [1.82, 2.24) is 0 Å². The number of benzene rings is 1. The van der Waals surface area contributed by atoms with E-state index in [1.54, 1.807) is 11.1 Å². The van der Waals surface area contributed by atoms with Gasteiger partial charge in [0.05, 0.1) is 0 Å². The largest absolute Gasteiger partial charge is 0.0925 e. The van der Waals surface area contributed by atoms with Gasteiger partial charge in [-0.25, -0.2) is 0 Å². The second-order valence-electron chi connectivity index (χ2n) is 3.78. The van der Waals surface area contributed by atoms with Gasteiger partial charge in [0.2, 0.25) is 0 Å². The van der Waals surface area contributed by atoms with Crippen LogP contribution in [0.4, 0.5) is 0 Å². The van der Waals surface area contributed by atoms with E-state index in [9.17, 15) is 0 Å². The third-order valence-corrected chi connectivity index (χ3v) is 3.28. The molecular weight excluding hydrogens is 236 g/mol. The first-order valence-electron chi connectivity index (χ1n) is 5.20. The zero-order valence-electron chi connectivity index (χ0n) is 8.25. The molecule has 0 bridgehead atoms. The molecular formula is C13H15Br.